The normalized spacial score (nSPS) is 22.1. The number of hydrogen-bond donors (Lipinski definition) is 8. The molecule has 10 N–H and O–H groups in total. The van der Waals surface area contributed by atoms with E-state index < -0.39 is 56.5 Å². The molecule has 1 unspecified atom stereocenters. The number of esters is 1. The molecule has 1 aromatic carbocycles. The maximum atomic E-state index is 11.7. The van der Waals surface area contributed by atoms with Crippen molar-refractivity contribution < 1.29 is 48.5 Å². The number of imidazole rings is 1. The van der Waals surface area contributed by atoms with Gasteiger partial charge in [0.2, 0.25) is 5.95 Å². The molecule has 17 nitrogen and oxygen atoms in total. The van der Waals surface area contributed by atoms with E-state index in [1.807, 2.05) is 0 Å². The van der Waals surface area contributed by atoms with Crippen molar-refractivity contribution in [2.24, 2.45) is 5.73 Å². The van der Waals surface area contributed by atoms with Gasteiger partial charge < -0.3 is 46.0 Å². The Morgan fingerprint density at radius 1 is 1.26 bits per heavy atom. The molecule has 208 valence electrons. The van der Waals surface area contributed by atoms with Crippen LogP contribution in [-0.2, 0) is 29.8 Å². The lowest BCUT2D eigenvalue weighted by atomic mass is 10.1. The van der Waals surface area contributed by atoms with Crippen molar-refractivity contribution in [3.05, 3.63) is 46.5 Å². The molecule has 0 aliphatic carbocycles. The maximum absolute atomic E-state index is 11.7. The molecular formula is C20H27N6O11P. The highest BCUT2D eigenvalue weighted by Gasteiger charge is 2.45. The molecule has 1 aliphatic rings. The smallest absolute Gasteiger partial charge is 0.469 e. The number of aromatic hydroxyl groups is 1. The number of nitrogens with two attached hydrogens (primary N) is 2. The lowest BCUT2D eigenvalue weighted by molar-refractivity contribution is -0.142. The fourth-order valence-electron chi connectivity index (χ4n) is 3.52. The second kappa shape index (κ2) is 12.0. The number of benzene rings is 1. The Morgan fingerprint density at radius 2 is 1.92 bits per heavy atom. The van der Waals surface area contributed by atoms with Crippen molar-refractivity contribution in [2.75, 3.05) is 19.5 Å². The van der Waals surface area contributed by atoms with Crippen molar-refractivity contribution in [1.29, 1.82) is 0 Å². The monoisotopic (exact) mass is 558 g/mol. The van der Waals surface area contributed by atoms with Gasteiger partial charge in [0, 0.05) is 0 Å². The zero-order valence-corrected chi connectivity index (χ0v) is 20.7. The molecule has 0 amide bonds. The number of hydrogen-bond acceptors (Lipinski definition) is 13. The van der Waals surface area contributed by atoms with E-state index in [-0.39, 0.29) is 22.9 Å². The molecule has 2 aromatic heterocycles. The van der Waals surface area contributed by atoms with Crippen LogP contribution in [-0.4, -0.2) is 88.7 Å². The summed E-state index contributed by atoms with van der Waals surface area (Å²) < 4.78 is 26.1. The molecule has 0 radical (unpaired) electrons. The largest absolute Gasteiger partial charge is 0.508 e. The molecule has 4 rings (SSSR count). The number of nitrogens with zero attached hydrogens (tertiary/aromatic N) is 3. The highest BCUT2D eigenvalue weighted by atomic mass is 31.2. The van der Waals surface area contributed by atoms with Crippen LogP contribution in [0.5, 0.6) is 5.75 Å². The average Bonchev–Trinajstić information content (AvgIpc) is 3.39. The number of phosphoric acid groups is 1. The number of H-pyrrole nitrogens is 1. The quantitative estimate of drug-likeness (QED) is 0.113. The summed E-state index contributed by atoms with van der Waals surface area (Å²) in [5.41, 5.74) is 11.3. The van der Waals surface area contributed by atoms with E-state index in [1.165, 1.54) is 18.0 Å². The third-order valence-corrected chi connectivity index (χ3v) is 5.85. The third-order valence-electron chi connectivity index (χ3n) is 5.36. The van der Waals surface area contributed by atoms with Crippen LogP contribution in [0.2, 0.25) is 0 Å². The summed E-state index contributed by atoms with van der Waals surface area (Å²) in [5, 5.41) is 29.1. The number of methoxy groups -OCH3 is 1. The summed E-state index contributed by atoms with van der Waals surface area (Å²) >= 11 is 0. The molecule has 1 saturated heterocycles. The summed E-state index contributed by atoms with van der Waals surface area (Å²) in [6.07, 6.45) is -3.81. The van der Waals surface area contributed by atoms with Gasteiger partial charge in [0.25, 0.3) is 5.56 Å². The standard InChI is InChI=1S/C10H14N5O8P.C10H13NO3/c11-10-13-7-4(8(18)14-10)12-2-15(7)9-6(17)5(16)3(23-9)1-22-24(19,20)21;1-14-10(13)9(11)6-7-2-4-8(12)5-3-7/h2-3,5-6,9,16-17H,1H2,(H2,19,20,21)(H3,11,13,14,18);2-5,9,12H,6,11H2,1H3/t3-,5-,6-,9-;/m1./s1. The van der Waals surface area contributed by atoms with E-state index in [0.717, 1.165) is 5.56 Å². The van der Waals surface area contributed by atoms with Crippen molar-refractivity contribution in [2.45, 2.75) is 37.0 Å². The van der Waals surface area contributed by atoms with Gasteiger partial charge in [-0.2, -0.15) is 4.98 Å². The Morgan fingerprint density at radius 3 is 2.53 bits per heavy atom. The molecule has 18 heteroatoms. The number of anilines is 1. The zero-order valence-electron chi connectivity index (χ0n) is 19.8. The fraction of sp³-hybridized carbons (Fsp3) is 0.400. The molecule has 3 aromatic rings. The van der Waals surface area contributed by atoms with Gasteiger partial charge in [0.15, 0.2) is 17.4 Å². The number of phosphoric ester groups is 1. The molecule has 0 saturated carbocycles. The van der Waals surface area contributed by atoms with Gasteiger partial charge in [0.1, 0.15) is 30.1 Å². The van der Waals surface area contributed by atoms with Crippen LogP contribution in [0.4, 0.5) is 5.95 Å². The van der Waals surface area contributed by atoms with Gasteiger partial charge in [-0.05, 0) is 24.1 Å². The second-order valence-corrected chi connectivity index (χ2v) is 9.35. The van der Waals surface area contributed by atoms with Crippen molar-refractivity contribution in [3.63, 3.8) is 0 Å². The summed E-state index contributed by atoms with van der Waals surface area (Å²) in [6, 6.07) is 5.90. The summed E-state index contributed by atoms with van der Waals surface area (Å²) in [4.78, 5) is 50.1. The maximum Gasteiger partial charge on any atom is 0.469 e. The van der Waals surface area contributed by atoms with Crippen LogP contribution in [0.1, 0.15) is 11.8 Å². The minimum atomic E-state index is -4.76. The number of rotatable bonds is 7. The SMILES string of the molecule is COC(=O)C(N)Cc1ccc(O)cc1.Nc1nc2c(ncn2[C@@H]2O[C@H](COP(=O)(O)O)[C@@H](O)[C@H]2O)c(=O)[nH]1. The first kappa shape index (κ1) is 29.2. The summed E-state index contributed by atoms with van der Waals surface area (Å²) in [5.74, 6) is -0.415. The first-order valence-corrected chi connectivity index (χ1v) is 12.4. The number of aromatic nitrogens is 4. The number of nitrogens with one attached hydrogen (secondary N) is 1. The average molecular weight is 558 g/mol. The minimum absolute atomic E-state index is 0.0176. The highest BCUT2D eigenvalue weighted by molar-refractivity contribution is 7.46. The molecule has 0 spiro atoms. The number of aliphatic hydroxyl groups is 2. The number of aromatic amines is 1. The Bertz CT molecular complexity index is 1360. The predicted octanol–water partition coefficient (Wildman–Crippen LogP) is -2.13. The number of ether oxygens (including phenoxy) is 2. The van der Waals surface area contributed by atoms with Gasteiger partial charge in [-0.25, -0.2) is 9.55 Å². The predicted molar refractivity (Wildman–Crippen MR) is 128 cm³/mol. The van der Waals surface area contributed by atoms with E-state index in [4.69, 9.17) is 31.1 Å². The first-order valence-electron chi connectivity index (χ1n) is 10.9. The molecular weight excluding hydrogens is 531 g/mol. The van der Waals surface area contributed by atoms with Crippen LogP contribution in [0, 0.1) is 0 Å². The molecule has 1 fully saturated rings. The number of carbonyl (C=O) groups is 1. The van der Waals surface area contributed by atoms with Crippen LogP contribution in [0.25, 0.3) is 11.2 Å². The van der Waals surface area contributed by atoms with E-state index in [2.05, 4.69) is 24.2 Å². The minimum Gasteiger partial charge on any atom is -0.508 e. The van der Waals surface area contributed by atoms with Crippen LogP contribution < -0.4 is 17.0 Å². The van der Waals surface area contributed by atoms with Gasteiger partial charge in [0.05, 0.1) is 20.0 Å². The third kappa shape index (κ3) is 7.12. The molecule has 0 bridgehead atoms. The zero-order chi connectivity index (χ0) is 28.2. The lowest BCUT2D eigenvalue weighted by Crippen LogP contribution is -2.33. The van der Waals surface area contributed by atoms with Crippen molar-refractivity contribution >= 4 is 30.9 Å². The van der Waals surface area contributed by atoms with Crippen LogP contribution in [0.3, 0.4) is 0 Å². The van der Waals surface area contributed by atoms with Crippen molar-refractivity contribution in [1.82, 2.24) is 19.5 Å². The van der Waals surface area contributed by atoms with Crippen LogP contribution in [0.15, 0.2) is 35.4 Å². The van der Waals surface area contributed by atoms with Crippen molar-refractivity contribution in [3.8, 4) is 5.75 Å². The van der Waals surface area contributed by atoms with E-state index in [1.54, 1.807) is 24.3 Å². The second-order valence-electron chi connectivity index (χ2n) is 8.11. The number of phenols is 1. The number of fused-ring (bicyclic) bond motifs is 1. The summed E-state index contributed by atoms with van der Waals surface area (Å²) in [6.45, 7) is -0.651. The fourth-order valence-corrected chi connectivity index (χ4v) is 3.86. The Hall–Kier alpha value is -3.41. The van der Waals surface area contributed by atoms with Crippen LogP contribution >= 0.6 is 7.82 Å². The first-order chi connectivity index (χ1) is 17.8. The molecule has 38 heavy (non-hydrogen) atoms. The molecule has 5 atom stereocenters. The van der Waals surface area contributed by atoms with Gasteiger partial charge in [-0.3, -0.25) is 23.7 Å². The number of phenolic OH excluding ortho intramolecular Hbond substituents is 1. The number of carbonyl (C=O) groups excluding carboxylic acids is 1. The van der Waals surface area contributed by atoms with Gasteiger partial charge >= 0.3 is 13.8 Å². The van der Waals surface area contributed by atoms with Gasteiger partial charge in [-0.15, -0.1) is 0 Å². The number of aliphatic hydroxyl groups excluding tert-OH is 2. The summed E-state index contributed by atoms with van der Waals surface area (Å²) in [7, 11) is -3.46. The topological polar surface area (TPSA) is 279 Å². The highest BCUT2D eigenvalue weighted by Crippen LogP contribution is 2.38. The van der Waals surface area contributed by atoms with Gasteiger partial charge in [-0.1, -0.05) is 12.1 Å². The molecule has 1 aliphatic heterocycles. The molecule has 3 heterocycles. The Kier molecular flexibility index (Phi) is 9.18. The van der Waals surface area contributed by atoms with E-state index >= 15 is 0 Å². The number of nitrogen functional groups attached to an aromatic ring is 1. The Labute approximate surface area is 213 Å². The van der Waals surface area contributed by atoms with E-state index in [9.17, 15) is 24.4 Å². The van der Waals surface area contributed by atoms with E-state index in [0.29, 0.717) is 6.42 Å². The lowest BCUT2D eigenvalue weighted by Gasteiger charge is -2.16. The Balaban J connectivity index is 0.000000244.